The maximum atomic E-state index is 13.1. The summed E-state index contributed by atoms with van der Waals surface area (Å²) in [5.41, 5.74) is 0.969. The molecule has 2 atom stereocenters. The summed E-state index contributed by atoms with van der Waals surface area (Å²) >= 11 is 5.80. The van der Waals surface area contributed by atoms with Crippen molar-refractivity contribution in [1.82, 2.24) is 5.32 Å². The van der Waals surface area contributed by atoms with Crippen LogP contribution in [0.3, 0.4) is 0 Å². The molecule has 2 unspecified atom stereocenters. The number of benzene rings is 1. The van der Waals surface area contributed by atoms with Crippen molar-refractivity contribution >= 4 is 11.6 Å². The van der Waals surface area contributed by atoms with Gasteiger partial charge in [-0.05, 0) is 30.7 Å². The van der Waals surface area contributed by atoms with E-state index in [9.17, 15) is 4.39 Å². The lowest BCUT2D eigenvalue weighted by Gasteiger charge is -2.19. The molecule has 2 nitrogen and oxygen atoms in total. The predicted octanol–water partition coefficient (Wildman–Crippen LogP) is 3.17. The zero-order valence-corrected chi connectivity index (χ0v) is 10.6. The summed E-state index contributed by atoms with van der Waals surface area (Å²) in [6.45, 7) is 4.72. The molecular formula is C13H17ClFNO. The molecule has 0 aromatic heterocycles. The van der Waals surface area contributed by atoms with Crippen LogP contribution in [-0.4, -0.2) is 19.7 Å². The van der Waals surface area contributed by atoms with Crippen LogP contribution in [-0.2, 0) is 4.74 Å². The number of hydrogen-bond acceptors (Lipinski definition) is 2. The highest BCUT2D eigenvalue weighted by atomic mass is 35.5. The second-order valence-electron chi connectivity index (χ2n) is 4.32. The highest BCUT2D eigenvalue weighted by molar-refractivity contribution is 6.30. The van der Waals surface area contributed by atoms with Crippen molar-refractivity contribution in [3.8, 4) is 0 Å². The van der Waals surface area contributed by atoms with Gasteiger partial charge >= 0.3 is 0 Å². The maximum absolute atomic E-state index is 13.1. The molecular weight excluding hydrogens is 241 g/mol. The first-order valence-electron chi connectivity index (χ1n) is 5.99. The SMILES string of the molecule is CCNCC1CCOC1c1ccc(F)c(Cl)c1. The predicted molar refractivity (Wildman–Crippen MR) is 66.8 cm³/mol. The molecule has 1 aromatic carbocycles. The largest absolute Gasteiger partial charge is 0.373 e. The minimum Gasteiger partial charge on any atom is -0.373 e. The Kier molecular flexibility index (Phi) is 4.37. The Labute approximate surface area is 106 Å². The molecule has 0 saturated carbocycles. The molecule has 1 aromatic rings. The molecule has 1 aliphatic rings. The molecule has 17 heavy (non-hydrogen) atoms. The second kappa shape index (κ2) is 5.80. The molecule has 1 fully saturated rings. The zero-order valence-electron chi connectivity index (χ0n) is 9.88. The van der Waals surface area contributed by atoms with Crippen LogP contribution >= 0.6 is 11.6 Å². The van der Waals surface area contributed by atoms with Gasteiger partial charge in [-0.15, -0.1) is 0 Å². The minimum absolute atomic E-state index is 0.0344. The lowest BCUT2D eigenvalue weighted by Crippen LogP contribution is -2.24. The monoisotopic (exact) mass is 257 g/mol. The van der Waals surface area contributed by atoms with Gasteiger partial charge in [-0.2, -0.15) is 0 Å². The first kappa shape index (κ1) is 12.8. The summed E-state index contributed by atoms with van der Waals surface area (Å²) in [6.07, 6.45) is 1.07. The van der Waals surface area contributed by atoms with Gasteiger partial charge in [-0.1, -0.05) is 24.6 Å². The van der Waals surface area contributed by atoms with Gasteiger partial charge in [-0.3, -0.25) is 0 Å². The fraction of sp³-hybridized carbons (Fsp3) is 0.538. The third kappa shape index (κ3) is 2.97. The van der Waals surface area contributed by atoms with Crippen LogP contribution in [0.1, 0.15) is 25.0 Å². The maximum Gasteiger partial charge on any atom is 0.141 e. The van der Waals surface area contributed by atoms with Crippen LogP contribution in [0.2, 0.25) is 5.02 Å². The van der Waals surface area contributed by atoms with E-state index in [0.717, 1.165) is 31.7 Å². The van der Waals surface area contributed by atoms with E-state index in [4.69, 9.17) is 16.3 Å². The standard InChI is InChI=1S/C13H17ClFNO/c1-2-16-8-10-5-6-17-13(10)9-3-4-12(15)11(14)7-9/h3-4,7,10,13,16H,2,5-6,8H2,1H3. The average molecular weight is 258 g/mol. The Morgan fingerprint density at radius 3 is 3.06 bits per heavy atom. The molecule has 1 heterocycles. The Bertz CT molecular complexity index is 386. The number of ether oxygens (including phenoxy) is 1. The molecule has 94 valence electrons. The van der Waals surface area contributed by atoms with Crippen molar-refractivity contribution < 1.29 is 9.13 Å². The van der Waals surface area contributed by atoms with Crippen molar-refractivity contribution in [3.63, 3.8) is 0 Å². The topological polar surface area (TPSA) is 21.3 Å². The number of hydrogen-bond donors (Lipinski definition) is 1. The summed E-state index contributed by atoms with van der Waals surface area (Å²) in [6, 6.07) is 4.84. The molecule has 0 bridgehead atoms. The van der Waals surface area contributed by atoms with Gasteiger partial charge in [0.1, 0.15) is 5.82 Å². The molecule has 2 rings (SSSR count). The summed E-state index contributed by atoms with van der Waals surface area (Å²) in [5.74, 6) is 0.0631. The van der Waals surface area contributed by atoms with Gasteiger partial charge in [0.25, 0.3) is 0 Å². The molecule has 0 radical (unpaired) electrons. The Morgan fingerprint density at radius 1 is 1.53 bits per heavy atom. The molecule has 1 saturated heterocycles. The van der Waals surface area contributed by atoms with Crippen LogP contribution < -0.4 is 5.32 Å². The number of nitrogens with one attached hydrogen (secondary N) is 1. The van der Waals surface area contributed by atoms with E-state index in [2.05, 4.69) is 12.2 Å². The van der Waals surface area contributed by atoms with Crippen molar-refractivity contribution in [1.29, 1.82) is 0 Å². The normalized spacial score (nSPS) is 24.2. The number of rotatable bonds is 4. The third-order valence-electron chi connectivity index (χ3n) is 3.14. The molecule has 1 N–H and O–H groups in total. The van der Waals surface area contributed by atoms with Gasteiger partial charge < -0.3 is 10.1 Å². The van der Waals surface area contributed by atoms with Crippen LogP contribution in [0.25, 0.3) is 0 Å². The Morgan fingerprint density at radius 2 is 2.35 bits per heavy atom. The molecule has 4 heteroatoms. The second-order valence-corrected chi connectivity index (χ2v) is 4.73. The molecule has 0 aliphatic carbocycles. The summed E-state index contributed by atoms with van der Waals surface area (Å²) in [4.78, 5) is 0. The van der Waals surface area contributed by atoms with E-state index in [1.807, 2.05) is 0 Å². The first-order valence-corrected chi connectivity index (χ1v) is 6.37. The van der Waals surface area contributed by atoms with Crippen LogP contribution in [0.4, 0.5) is 4.39 Å². The minimum atomic E-state index is -0.378. The van der Waals surface area contributed by atoms with Gasteiger partial charge in [-0.25, -0.2) is 4.39 Å². The van der Waals surface area contributed by atoms with Crippen LogP contribution in [0.5, 0.6) is 0 Å². The molecule has 1 aliphatic heterocycles. The summed E-state index contributed by atoms with van der Waals surface area (Å²) < 4.78 is 18.8. The van der Waals surface area contributed by atoms with Crippen molar-refractivity contribution in [2.75, 3.05) is 19.7 Å². The lowest BCUT2D eigenvalue weighted by atomic mass is 9.95. The van der Waals surface area contributed by atoms with E-state index >= 15 is 0 Å². The van der Waals surface area contributed by atoms with E-state index in [1.54, 1.807) is 12.1 Å². The van der Waals surface area contributed by atoms with Gasteiger partial charge in [0.15, 0.2) is 0 Å². The van der Waals surface area contributed by atoms with E-state index in [0.29, 0.717) is 5.92 Å². The van der Waals surface area contributed by atoms with Crippen molar-refractivity contribution in [2.24, 2.45) is 5.92 Å². The fourth-order valence-corrected chi connectivity index (χ4v) is 2.42. The lowest BCUT2D eigenvalue weighted by molar-refractivity contribution is 0.0906. The third-order valence-corrected chi connectivity index (χ3v) is 3.43. The van der Waals surface area contributed by atoms with E-state index in [-0.39, 0.29) is 16.9 Å². The van der Waals surface area contributed by atoms with E-state index < -0.39 is 0 Å². The first-order chi connectivity index (χ1) is 8.22. The summed E-state index contributed by atoms with van der Waals surface area (Å²) in [7, 11) is 0. The van der Waals surface area contributed by atoms with Crippen molar-refractivity contribution in [3.05, 3.63) is 34.6 Å². The molecule has 0 spiro atoms. The average Bonchev–Trinajstić information content (AvgIpc) is 2.78. The van der Waals surface area contributed by atoms with Crippen molar-refractivity contribution in [2.45, 2.75) is 19.4 Å². The highest BCUT2D eigenvalue weighted by Crippen LogP contribution is 2.35. The summed E-state index contributed by atoms with van der Waals surface area (Å²) in [5, 5.41) is 3.50. The van der Waals surface area contributed by atoms with Gasteiger partial charge in [0.05, 0.1) is 11.1 Å². The van der Waals surface area contributed by atoms with Gasteiger partial charge in [0, 0.05) is 19.1 Å². The Balaban J connectivity index is 2.11. The van der Waals surface area contributed by atoms with Gasteiger partial charge in [0.2, 0.25) is 0 Å². The zero-order chi connectivity index (χ0) is 12.3. The van der Waals surface area contributed by atoms with E-state index in [1.165, 1.54) is 6.07 Å². The highest BCUT2D eigenvalue weighted by Gasteiger charge is 2.29. The fourth-order valence-electron chi connectivity index (χ4n) is 2.23. The Hall–Kier alpha value is -0.640. The smallest absolute Gasteiger partial charge is 0.141 e. The van der Waals surface area contributed by atoms with Crippen LogP contribution in [0, 0.1) is 11.7 Å². The molecule has 0 amide bonds. The number of halogens is 2. The van der Waals surface area contributed by atoms with Crippen LogP contribution in [0.15, 0.2) is 18.2 Å². The quantitative estimate of drug-likeness (QED) is 0.895.